The highest BCUT2D eigenvalue weighted by atomic mass is 17.2. The molecule has 1 heterocycles. The minimum absolute atomic E-state index is 0.0294. The molecule has 1 atom stereocenters. The van der Waals surface area contributed by atoms with Gasteiger partial charge in [0.2, 0.25) is 0 Å². The van der Waals surface area contributed by atoms with Crippen LogP contribution in [0.1, 0.15) is 66.9 Å². The predicted octanol–water partition coefficient (Wildman–Crippen LogP) is 3.73. The Morgan fingerprint density at radius 1 is 1.45 bits per heavy atom. The van der Waals surface area contributed by atoms with E-state index in [0.29, 0.717) is 24.3 Å². The summed E-state index contributed by atoms with van der Waals surface area (Å²) in [5.41, 5.74) is 1.64. The van der Waals surface area contributed by atoms with Crippen LogP contribution in [0.4, 0.5) is 0 Å². The van der Waals surface area contributed by atoms with Crippen molar-refractivity contribution in [3.05, 3.63) is 22.8 Å². The molecule has 0 radical (unpaired) electrons. The van der Waals surface area contributed by atoms with E-state index in [9.17, 15) is 9.90 Å². The third kappa shape index (κ3) is 3.35. The molecule has 1 aliphatic heterocycles. The van der Waals surface area contributed by atoms with E-state index in [1.807, 2.05) is 13.0 Å². The van der Waals surface area contributed by atoms with Crippen molar-refractivity contribution in [2.24, 2.45) is 0 Å². The first-order chi connectivity index (χ1) is 10.6. The topological polar surface area (TPSA) is 65.0 Å². The lowest BCUT2D eigenvalue weighted by Gasteiger charge is -2.26. The number of phenols is 1. The monoisotopic (exact) mass is 308 g/mol. The number of rotatable bonds is 6. The van der Waals surface area contributed by atoms with Gasteiger partial charge in [0.15, 0.2) is 0 Å². The first-order valence-corrected chi connectivity index (χ1v) is 7.86. The van der Waals surface area contributed by atoms with E-state index >= 15 is 0 Å². The van der Waals surface area contributed by atoms with Crippen LogP contribution in [0, 0.1) is 0 Å². The number of fused-ring (bicyclic) bond motifs is 1. The number of carbonyl (C=O) groups excluding carboxylic acids is 1. The molecule has 1 unspecified atom stereocenters. The third-order valence-electron chi connectivity index (χ3n) is 4.10. The van der Waals surface area contributed by atoms with Crippen LogP contribution in [0.25, 0.3) is 0 Å². The van der Waals surface area contributed by atoms with Crippen molar-refractivity contribution in [2.75, 3.05) is 13.7 Å². The number of aromatic hydroxyl groups is 1. The Hall–Kier alpha value is -1.75. The average Bonchev–Trinajstić information content (AvgIpc) is 2.47. The van der Waals surface area contributed by atoms with E-state index in [1.54, 1.807) is 0 Å². The third-order valence-corrected chi connectivity index (χ3v) is 4.10. The van der Waals surface area contributed by atoms with Crippen LogP contribution in [-0.4, -0.2) is 24.8 Å². The van der Waals surface area contributed by atoms with Crippen molar-refractivity contribution < 1.29 is 24.4 Å². The molecule has 5 heteroatoms. The van der Waals surface area contributed by atoms with Gasteiger partial charge in [-0.1, -0.05) is 26.7 Å². The number of hydrogen-bond donors (Lipinski definition) is 1. The summed E-state index contributed by atoms with van der Waals surface area (Å²) < 4.78 is 5.67. The Morgan fingerprint density at radius 2 is 2.23 bits per heavy atom. The summed E-state index contributed by atoms with van der Waals surface area (Å²) in [6.07, 6.45) is 4.60. The SMILES string of the molecule is CCCCCc1cc2c(c(O)c1C(=O)OOC)C(C)CCO2. The zero-order valence-electron chi connectivity index (χ0n) is 13.5. The maximum absolute atomic E-state index is 12.2. The van der Waals surface area contributed by atoms with E-state index in [4.69, 9.17) is 4.74 Å². The fourth-order valence-electron chi connectivity index (χ4n) is 2.91. The molecule has 1 aromatic carbocycles. The van der Waals surface area contributed by atoms with E-state index in [-0.39, 0.29) is 17.2 Å². The second-order valence-electron chi connectivity index (χ2n) is 5.70. The normalized spacial score (nSPS) is 16.8. The molecule has 0 amide bonds. The zero-order chi connectivity index (χ0) is 16.1. The Balaban J connectivity index is 2.45. The molecule has 1 aliphatic rings. The summed E-state index contributed by atoms with van der Waals surface area (Å²) in [4.78, 5) is 21.3. The molecule has 0 aliphatic carbocycles. The molecule has 2 rings (SSSR count). The minimum Gasteiger partial charge on any atom is -0.507 e. The zero-order valence-corrected chi connectivity index (χ0v) is 13.5. The van der Waals surface area contributed by atoms with Crippen molar-refractivity contribution in [3.63, 3.8) is 0 Å². The highest BCUT2D eigenvalue weighted by Crippen LogP contribution is 2.43. The Labute approximate surface area is 131 Å². The van der Waals surface area contributed by atoms with Gasteiger partial charge in [0, 0.05) is 5.56 Å². The van der Waals surface area contributed by atoms with E-state index in [1.165, 1.54) is 7.11 Å². The van der Waals surface area contributed by atoms with Crippen molar-refractivity contribution in [2.45, 2.75) is 51.9 Å². The van der Waals surface area contributed by atoms with Crippen LogP contribution in [0.5, 0.6) is 11.5 Å². The Morgan fingerprint density at radius 3 is 2.91 bits per heavy atom. The van der Waals surface area contributed by atoms with Gasteiger partial charge in [-0.2, -0.15) is 4.89 Å². The van der Waals surface area contributed by atoms with E-state index in [2.05, 4.69) is 16.7 Å². The van der Waals surface area contributed by atoms with Crippen LogP contribution in [0.15, 0.2) is 6.07 Å². The van der Waals surface area contributed by atoms with Gasteiger partial charge in [-0.15, -0.1) is 0 Å². The number of ether oxygens (including phenoxy) is 1. The largest absolute Gasteiger partial charge is 0.507 e. The molecule has 0 saturated carbocycles. The molecule has 0 fully saturated rings. The van der Waals surface area contributed by atoms with Crippen LogP contribution in [0.2, 0.25) is 0 Å². The summed E-state index contributed by atoms with van der Waals surface area (Å²) in [5, 5.41) is 10.6. The average molecular weight is 308 g/mol. The lowest BCUT2D eigenvalue weighted by molar-refractivity contribution is -0.216. The Bertz CT molecular complexity index is 538. The van der Waals surface area contributed by atoms with Crippen molar-refractivity contribution in [3.8, 4) is 11.5 Å². The molecule has 5 nitrogen and oxygen atoms in total. The molecule has 0 aromatic heterocycles. The van der Waals surface area contributed by atoms with Crippen LogP contribution < -0.4 is 4.74 Å². The number of benzene rings is 1. The summed E-state index contributed by atoms with van der Waals surface area (Å²) in [7, 11) is 1.27. The first kappa shape index (κ1) is 16.6. The number of aryl methyl sites for hydroxylation is 1. The van der Waals surface area contributed by atoms with Gasteiger partial charge in [-0.05, 0) is 36.8 Å². The lowest BCUT2D eigenvalue weighted by Crippen LogP contribution is -2.16. The van der Waals surface area contributed by atoms with E-state index < -0.39 is 5.97 Å². The number of phenolic OH excluding ortho intramolecular Hbond substituents is 1. The highest BCUT2D eigenvalue weighted by molar-refractivity contribution is 5.95. The van der Waals surface area contributed by atoms with Gasteiger partial charge in [0.25, 0.3) is 0 Å². The van der Waals surface area contributed by atoms with Gasteiger partial charge < -0.3 is 9.84 Å². The fraction of sp³-hybridized carbons (Fsp3) is 0.588. The molecule has 22 heavy (non-hydrogen) atoms. The van der Waals surface area contributed by atoms with Crippen LogP contribution in [-0.2, 0) is 16.2 Å². The second kappa shape index (κ2) is 7.49. The molecule has 1 N–H and O–H groups in total. The number of unbranched alkanes of at least 4 members (excludes halogenated alkanes) is 2. The minimum atomic E-state index is -0.660. The molecule has 1 aromatic rings. The quantitative estimate of drug-likeness (QED) is 0.493. The maximum atomic E-state index is 12.2. The molecular weight excluding hydrogens is 284 g/mol. The van der Waals surface area contributed by atoms with Crippen LogP contribution in [0.3, 0.4) is 0 Å². The molecule has 122 valence electrons. The summed E-state index contributed by atoms with van der Waals surface area (Å²) in [6.45, 7) is 4.77. The number of carbonyl (C=O) groups is 1. The maximum Gasteiger partial charge on any atom is 0.377 e. The van der Waals surface area contributed by atoms with E-state index in [0.717, 1.165) is 31.2 Å². The van der Waals surface area contributed by atoms with Crippen LogP contribution >= 0.6 is 0 Å². The van der Waals surface area contributed by atoms with Crippen molar-refractivity contribution in [1.82, 2.24) is 0 Å². The summed E-state index contributed by atoms with van der Waals surface area (Å²) >= 11 is 0. The van der Waals surface area contributed by atoms with Gasteiger partial charge in [0.1, 0.15) is 17.1 Å². The van der Waals surface area contributed by atoms with Crippen molar-refractivity contribution in [1.29, 1.82) is 0 Å². The predicted molar refractivity (Wildman–Crippen MR) is 82.3 cm³/mol. The summed E-state index contributed by atoms with van der Waals surface area (Å²) in [6, 6.07) is 1.87. The molecule has 0 bridgehead atoms. The lowest BCUT2D eigenvalue weighted by atomic mass is 9.88. The molecular formula is C17H24O5. The van der Waals surface area contributed by atoms with Crippen molar-refractivity contribution >= 4 is 5.97 Å². The van der Waals surface area contributed by atoms with Gasteiger partial charge in [-0.25, -0.2) is 4.79 Å². The van der Waals surface area contributed by atoms with Gasteiger partial charge in [-0.3, -0.25) is 4.89 Å². The molecule has 0 spiro atoms. The molecule has 0 saturated heterocycles. The summed E-state index contributed by atoms with van der Waals surface area (Å²) in [5.74, 6) is 0.129. The highest BCUT2D eigenvalue weighted by Gasteiger charge is 2.29. The smallest absolute Gasteiger partial charge is 0.377 e. The second-order valence-corrected chi connectivity index (χ2v) is 5.70. The van der Waals surface area contributed by atoms with Gasteiger partial charge >= 0.3 is 5.97 Å². The standard InChI is InChI=1S/C17H24O5/c1-4-5-6-7-12-10-13-14(11(2)8-9-21-13)16(18)15(12)17(19)22-20-3/h10-11,18H,4-9H2,1-3H3. The first-order valence-electron chi connectivity index (χ1n) is 7.86. The fourth-order valence-corrected chi connectivity index (χ4v) is 2.91. The Kier molecular flexibility index (Phi) is 5.66. The number of hydrogen-bond acceptors (Lipinski definition) is 5. The van der Waals surface area contributed by atoms with Gasteiger partial charge in [0.05, 0.1) is 13.7 Å².